The number of aryl methyl sites for hydroxylation is 1. The molecule has 0 radical (unpaired) electrons. The highest BCUT2D eigenvalue weighted by Gasteiger charge is 2.34. The van der Waals surface area contributed by atoms with Crippen molar-refractivity contribution in [2.45, 2.75) is 19.2 Å². The summed E-state index contributed by atoms with van der Waals surface area (Å²) in [4.78, 5) is 25.0. The molecular weight excluding hydrogens is 327 g/mol. The second-order valence-electron chi connectivity index (χ2n) is 5.66. The first-order chi connectivity index (χ1) is 11.5. The van der Waals surface area contributed by atoms with Crippen LogP contribution in [0.5, 0.6) is 0 Å². The Morgan fingerprint density at radius 1 is 1.25 bits per heavy atom. The molecule has 4 nitrogen and oxygen atoms in total. The number of carbonyl (C=O) groups is 2. The average Bonchev–Trinajstić information content (AvgIpc) is 2.92. The molecule has 0 saturated carbocycles. The summed E-state index contributed by atoms with van der Waals surface area (Å²) in [5, 5.41) is 2.51. The van der Waals surface area contributed by atoms with Crippen molar-refractivity contribution in [2.24, 2.45) is 0 Å². The number of hydrogen-bond acceptors (Lipinski definition) is 3. The number of halogens is 1. The zero-order chi connectivity index (χ0) is 17.3. The highest BCUT2D eigenvalue weighted by Crippen LogP contribution is 2.42. The Labute approximate surface area is 144 Å². The zero-order valence-electron chi connectivity index (χ0n) is 13.4. The van der Waals surface area contributed by atoms with E-state index in [1.165, 1.54) is 24.8 Å². The smallest absolute Gasteiger partial charge is 0.238 e. The first-order valence-electron chi connectivity index (χ1n) is 7.53. The molecule has 124 valence electrons. The number of nitrogens with one attached hydrogen (secondary N) is 1. The van der Waals surface area contributed by atoms with Crippen LogP contribution in [0.2, 0.25) is 0 Å². The molecular formula is C18H17FN2O2S. The topological polar surface area (TPSA) is 49.4 Å². The van der Waals surface area contributed by atoms with E-state index in [-0.39, 0.29) is 23.0 Å². The molecule has 3 rings (SSSR count). The molecule has 0 bridgehead atoms. The van der Waals surface area contributed by atoms with Crippen molar-refractivity contribution < 1.29 is 14.0 Å². The molecule has 1 atom stereocenters. The minimum Gasteiger partial charge on any atom is -0.326 e. The Bertz CT molecular complexity index is 792. The van der Waals surface area contributed by atoms with Gasteiger partial charge in [0.2, 0.25) is 11.8 Å². The van der Waals surface area contributed by atoms with E-state index in [0.29, 0.717) is 22.7 Å². The molecule has 2 amide bonds. The second kappa shape index (κ2) is 6.65. The van der Waals surface area contributed by atoms with E-state index in [2.05, 4.69) is 5.32 Å². The van der Waals surface area contributed by atoms with E-state index in [4.69, 9.17) is 0 Å². The van der Waals surface area contributed by atoms with Crippen molar-refractivity contribution in [3.8, 4) is 0 Å². The number of amides is 2. The van der Waals surface area contributed by atoms with Crippen molar-refractivity contribution in [3.05, 3.63) is 59.4 Å². The average molecular weight is 344 g/mol. The maximum atomic E-state index is 13.9. The second-order valence-corrected chi connectivity index (χ2v) is 6.73. The fourth-order valence-electron chi connectivity index (χ4n) is 2.62. The molecule has 2 aromatic rings. The fraction of sp³-hybridized carbons (Fsp3) is 0.222. The molecule has 6 heteroatoms. The minimum absolute atomic E-state index is 0.0424. The maximum Gasteiger partial charge on any atom is 0.238 e. The van der Waals surface area contributed by atoms with Gasteiger partial charge in [0.15, 0.2) is 0 Å². The van der Waals surface area contributed by atoms with Crippen molar-refractivity contribution >= 4 is 35.0 Å². The Balaban J connectivity index is 1.90. The molecule has 1 saturated heterocycles. The first kappa shape index (κ1) is 16.5. The van der Waals surface area contributed by atoms with Crippen LogP contribution in [0, 0.1) is 12.7 Å². The van der Waals surface area contributed by atoms with Crippen molar-refractivity contribution in [1.82, 2.24) is 0 Å². The van der Waals surface area contributed by atoms with Crippen LogP contribution in [-0.4, -0.2) is 17.6 Å². The van der Waals surface area contributed by atoms with Gasteiger partial charge in [-0.15, -0.1) is 11.8 Å². The SMILES string of the molecule is CC(=O)Nc1ccc([C@H]2SCC(=O)N2c2ccc(C)c(F)c2)cc1. The number of anilines is 2. The Morgan fingerprint density at radius 3 is 2.58 bits per heavy atom. The van der Waals surface area contributed by atoms with E-state index >= 15 is 0 Å². The highest BCUT2D eigenvalue weighted by molar-refractivity contribution is 8.00. The first-order valence-corrected chi connectivity index (χ1v) is 8.58. The van der Waals surface area contributed by atoms with E-state index in [0.717, 1.165) is 5.56 Å². The van der Waals surface area contributed by atoms with Crippen molar-refractivity contribution in [1.29, 1.82) is 0 Å². The molecule has 1 fully saturated rings. The fourth-order valence-corrected chi connectivity index (χ4v) is 3.79. The zero-order valence-corrected chi connectivity index (χ0v) is 14.2. The van der Waals surface area contributed by atoms with Crippen LogP contribution >= 0.6 is 11.8 Å². The number of thioether (sulfide) groups is 1. The molecule has 2 aromatic carbocycles. The van der Waals surface area contributed by atoms with Gasteiger partial charge >= 0.3 is 0 Å². The van der Waals surface area contributed by atoms with E-state index < -0.39 is 0 Å². The summed E-state index contributed by atoms with van der Waals surface area (Å²) in [6.07, 6.45) is 0. The largest absolute Gasteiger partial charge is 0.326 e. The Morgan fingerprint density at radius 2 is 1.96 bits per heavy atom. The molecule has 1 aliphatic heterocycles. The van der Waals surface area contributed by atoms with Gasteiger partial charge in [-0.25, -0.2) is 4.39 Å². The number of nitrogens with zero attached hydrogens (tertiary/aromatic N) is 1. The number of carbonyl (C=O) groups excluding carboxylic acids is 2. The third kappa shape index (κ3) is 3.28. The maximum absolute atomic E-state index is 13.9. The molecule has 24 heavy (non-hydrogen) atoms. The quantitative estimate of drug-likeness (QED) is 0.919. The molecule has 0 aromatic heterocycles. The molecule has 1 heterocycles. The van der Waals surface area contributed by atoms with Gasteiger partial charge in [-0.3, -0.25) is 14.5 Å². The van der Waals surface area contributed by atoms with Crippen LogP contribution in [0.15, 0.2) is 42.5 Å². The predicted octanol–water partition coefficient (Wildman–Crippen LogP) is 3.87. The standard InChI is InChI=1S/C18H17FN2O2S/c1-11-3-8-15(9-16(11)19)21-17(23)10-24-18(21)13-4-6-14(7-5-13)20-12(2)22/h3-9,18H,10H2,1-2H3,(H,20,22)/t18-/m1/s1. The lowest BCUT2D eigenvalue weighted by Gasteiger charge is -2.24. The summed E-state index contributed by atoms with van der Waals surface area (Å²) in [6, 6.07) is 12.2. The van der Waals surface area contributed by atoms with Gasteiger partial charge in [0.25, 0.3) is 0 Å². The third-order valence-corrected chi connectivity index (χ3v) is 5.03. The van der Waals surface area contributed by atoms with Crippen LogP contribution < -0.4 is 10.2 Å². The molecule has 0 unspecified atom stereocenters. The molecule has 0 spiro atoms. The van der Waals surface area contributed by atoms with E-state index in [1.54, 1.807) is 36.1 Å². The van der Waals surface area contributed by atoms with Crippen LogP contribution in [0.4, 0.5) is 15.8 Å². The summed E-state index contributed by atoms with van der Waals surface area (Å²) >= 11 is 1.50. The van der Waals surface area contributed by atoms with Crippen molar-refractivity contribution in [3.63, 3.8) is 0 Å². The molecule has 0 aliphatic carbocycles. The summed E-state index contributed by atoms with van der Waals surface area (Å²) in [7, 11) is 0. The van der Waals surface area contributed by atoms with Gasteiger partial charge in [-0.05, 0) is 42.3 Å². The van der Waals surface area contributed by atoms with Gasteiger partial charge in [0.05, 0.1) is 5.75 Å². The lowest BCUT2D eigenvalue weighted by molar-refractivity contribution is -0.116. The predicted molar refractivity (Wildman–Crippen MR) is 94.6 cm³/mol. The number of rotatable bonds is 3. The van der Waals surface area contributed by atoms with Gasteiger partial charge in [-0.1, -0.05) is 18.2 Å². The minimum atomic E-state index is -0.322. The van der Waals surface area contributed by atoms with Gasteiger partial charge in [0, 0.05) is 18.3 Å². The van der Waals surface area contributed by atoms with E-state index in [9.17, 15) is 14.0 Å². The summed E-state index contributed by atoms with van der Waals surface area (Å²) in [6.45, 7) is 3.14. The van der Waals surface area contributed by atoms with Crippen LogP contribution in [0.3, 0.4) is 0 Å². The van der Waals surface area contributed by atoms with Gasteiger partial charge in [-0.2, -0.15) is 0 Å². The summed E-state index contributed by atoms with van der Waals surface area (Å²) in [5.74, 6) is -0.144. The van der Waals surface area contributed by atoms with Gasteiger partial charge in [0.1, 0.15) is 11.2 Å². The van der Waals surface area contributed by atoms with Gasteiger partial charge < -0.3 is 5.32 Å². The van der Waals surface area contributed by atoms with Crippen molar-refractivity contribution in [2.75, 3.05) is 16.0 Å². The molecule has 1 aliphatic rings. The van der Waals surface area contributed by atoms with Crippen LogP contribution in [0.1, 0.15) is 23.4 Å². The number of hydrogen-bond donors (Lipinski definition) is 1. The monoisotopic (exact) mass is 344 g/mol. The summed E-state index contributed by atoms with van der Waals surface area (Å²) < 4.78 is 13.9. The van der Waals surface area contributed by atoms with Crippen LogP contribution in [-0.2, 0) is 9.59 Å². The lowest BCUT2D eigenvalue weighted by Crippen LogP contribution is -2.27. The Hall–Kier alpha value is -2.34. The normalized spacial score (nSPS) is 17.2. The summed E-state index contributed by atoms with van der Waals surface area (Å²) in [5.41, 5.74) is 2.74. The highest BCUT2D eigenvalue weighted by atomic mass is 32.2. The number of benzene rings is 2. The Kier molecular flexibility index (Phi) is 4.57. The molecule has 1 N–H and O–H groups in total. The van der Waals surface area contributed by atoms with Crippen LogP contribution in [0.25, 0.3) is 0 Å². The van der Waals surface area contributed by atoms with E-state index in [1.807, 2.05) is 12.1 Å². The third-order valence-electron chi connectivity index (χ3n) is 3.82. The lowest BCUT2D eigenvalue weighted by atomic mass is 10.1.